The minimum Gasteiger partial charge on any atom is -0.468 e. The van der Waals surface area contributed by atoms with Crippen LogP contribution < -0.4 is 26.4 Å². The molecule has 6 aromatic carbocycles. The van der Waals surface area contributed by atoms with Crippen molar-refractivity contribution >= 4 is 68.4 Å². The first kappa shape index (κ1) is 47.8. The lowest BCUT2D eigenvalue weighted by Gasteiger charge is -2.46. The normalized spacial score (nSPS) is 18.4. The van der Waals surface area contributed by atoms with Gasteiger partial charge in [0.1, 0.15) is 5.58 Å². The first-order valence-electron chi connectivity index (χ1n) is 26.9. The van der Waals surface area contributed by atoms with Gasteiger partial charge in [0.05, 0.1) is 17.0 Å². The van der Waals surface area contributed by atoms with Crippen molar-refractivity contribution in [1.82, 2.24) is 0 Å². The average molecular weight is 939 g/mol. The van der Waals surface area contributed by atoms with Crippen LogP contribution in [0.5, 0.6) is 0 Å². The molecule has 2 aliphatic heterocycles. The van der Waals surface area contributed by atoms with E-state index in [1.54, 1.807) is 0 Å². The van der Waals surface area contributed by atoms with Gasteiger partial charge in [0.15, 0.2) is 0 Å². The smallest absolute Gasteiger partial charge is 0.297 e. The molecular formula is C67H79BN2O. The van der Waals surface area contributed by atoms with Crippen molar-refractivity contribution in [3.05, 3.63) is 148 Å². The first-order valence-corrected chi connectivity index (χ1v) is 26.9. The zero-order valence-electron chi connectivity index (χ0n) is 46.5. The van der Waals surface area contributed by atoms with Crippen LogP contribution in [0, 0.1) is 6.92 Å². The van der Waals surface area contributed by atoms with Gasteiger partial charge >= 0.3 is 0 Å². The van der Waals surface area contributed by atoms with Gasteiger partial charge in [-0.3, -0.25) is 0 Å². The van der Waals surface area contributed by atoms with E-state index >= 15 is 0 Å². The maximum Gasteiger partial charge on any atom is 0.297 e. The molecule has 4 heteroatoms. The predicted molar refractivity (Wildman–Crippen MR) is 307 cm³/mol. The van der Waals surface area contributed by atoms with Crippen LogP contribution in [0.1, 0.15) is 188 Å². The van der Waals surface area contributed by atoms with E-state index in [0.717, 1.165) is 29.8 Å². The lowest BCUT2D eigenvalue weighted by Crippen LogP contribution is -2.61. The second-order valence-corrected chi connectivity index (χ2v) is 28.1. The summed E-state index contributed by atoms with van der Waals surface area (Å²) in [5.74, 6) is 0. The Labute approximate surface area is 427 Å². The second-order valence-electron chi connectivity index (χ2n) is 28.1. The van der Waals surface area contributed by atoms with Crippen molar-refractivity contribution in [3.8, 4) is 11.1 Å². The number of benzene rings is 6. The van der Waals surface area contributed by atoms with Crippen LogP contribution in [0.15, 0.2) is 108 Å². The van der Waals surface area contributed by atoms with Gasteiger partial charge in [0, 0.05) is 33.7 Å². The summed E-state index contributed by atoms with van der Waals surface area (Å²) in [4.78, 5) is 5.26. The third-order valence-electron chi connectivity index (χ3n) is 17.9. The molecule has 0 atom stereocenters. The van der Waals surface area contributed by atoms with Gasteiger partial charge in [-0.1, -0.05) is 166 Å². The summed E-state index contributed by atoms with van der Waals surface area (Å²) in [7, 11) is 0. The third-order valence-corrected chi connectivity index (χ3v) is 17.9. The zero-order chi connectivity index (χ0) is 50.9. The number of rotatable bonds is 3. The molecule has 71 heavy (non-hydrogen) atoms. The molecule has 4 aliphatic rings. The fourth-order valence-electron chi connectivity index (χ4n) is 13.0. The van der Waals surface area contributed by atoms with Crippen LogP contribution in [0.25, 0.3) is 22.1 Å². The van der Waals surface area contributed by atoms with E-state index < -0.39 is 0 Å². The highest BCUT2D eigenvalue weighted by molar-refractivity contribution is 7.00. The molecule has 3 nitrogen and oxygen atoms in total. The zero-order valence-corrected chi connectivity index (χ0v) is 46.5. The Morgan fingerprint density at radius 3 is 1.56 bits per heavy atom. The van der Waals surface area contributed by atoms with E-state index in [1.165, 1.54) is 113 Å². The van der Waals surface area contributed by atoms with Gasteiger partial charge in [-0.2, -0.15) is 0 Å². The predicted octanol–water partition coefficient (Wildman–Crippen LogP) is 17.1. The van der Waals surface area contributed by atoms with E-state index in [2.05, 4.69) is 238 Å². The molecule has 0 saturated carbocycles. The second kappa shape index (κ2) is 15.3. The summed E-state index contributed by atoms with van der Waals surface area (Å²) in [5.41, 5.74) is 25.7. The van der Waals surface area contributed by atoms with Crippen molar-refractivity contribution < 1.29 is 4.42 Å². The third kappa shape index (κ3) is 7.49. The number of furan rings is 1. The topological polar surface area (TPSA) is 19.6 Å². The first-order chi connectivity index (χ1) is 33.0. The number of hydrogen-bond donors (Lipinski definition) is 0. The number of nitrogens with zero attached hydrogens (tertiary/aromatic N) is 2. The lowest BCUT2D eigenvalue weighted by molar-refractivity contribution is 0.332. The molecule has 3 heterocycles. The van der Waals surface area contributed by atoms with E-state index in [9.17, 15) is 0 Å². The van der Waals surface area contributed by atoms with Gasteiger partial charge in [0.2, 0.25) is 0 Å². The maximum absolute atomic E-state index is 7.57. The molecule has 0 bridgehead atoms. The van der Waals surface area contributed by atoms with Crippen LogP contribution >= 0.6 is 0 Å². The van der Waals surface area contributed by atoms with Crippen molar-refractivity contribution in [2.75, 3.05) is 9.80 Å². The van der Waals surface area contributed by atoms with Crippen LogP contribution in [0.3, 0.4) is 0 Å². The summed E-state index contributed by atoms with van der Waals surface area (Å²) in [6, 6.07) is 41.5. The molecule has 0 fully saturated rings. The Hall–Kier alpha value is -5.48. The minimum atomic E-state index is -0.132. The molecule has 0 radical (unpaired) electrons. The molecule has 7 aromatic rings. The van der Waals surface area contributed by atoms with Gasteiger partial charge in [0.25, 0.3) is 6.71 Å². The number of hydrogen-bond acceptors (Lipinski definition) is 3. The van der Waals surface area contributed by atoms with Crippen molar-refractivity contribution in [2.24, 2.45) is 0 Å². The standard InChI is InChI=1S/C67H79BN2O/c1-40-33-55-58-56(34-40)70(53-27-22-43(62(5,6)7)36-46(53)41-19-26-48-49(35-41)65(13,14)30-29-64(48,11)12)59-47-37-44(63(8,9)10)23-28-57(47)71-60(59)68(58)52-38-50-51(67(17,18)32-31-66(50,15)16)39-54(52)69(55)45-24-20-42(21-25-45)61(2,3)4/h19-28,33-39H,29-32H2,1-18H3. The molecule has 0 N–H and O–H groups in total. The highest BCUT2D eigenvalue weighted by Gasteiger charge is 2.49. The fourth-order valence-corrected chi connectivity index (χ4v) is 13.0. The molecular weight excluding hydrogens is 860 g/mol. The number of aryl methyl sites for hydroxylation is 1. The van der Waals surface area contributed by atoms with E-state index in [-0.39, 0.29) is 44.6 Å². The Morgan fingerprint density at radius 2 is 0.972 bits per heavy atom. The van der Waals surface area contributed by atoms with Gasteiger partial charge in [-0.25, -0.2) is 0 Å². The summed E-state index contributed by atoms with van der Waals surface area (Å²) in [6.45, 7) is 42.8. The summed E-state index contributed by atoms with van der Waals surface area (Å²) in [6.07, 6.45) is 4.67. The van der Waals surface area contributed by atoms with E-state index in [1.807, 2.05) is 0 Å². The van der Waals surface area contributed by atoms with Gasteiger partial charge in [-0.05, 0) is 186 Å². The molecule has 366 valence electrons. The van der Waals surface area contributed by atoms with E-state index in [0.29, 0.717) is 0 Å². The molecule has 0 spiro atoms. The minimum absolute atomic E-state index is 0.0246. The van der Waals surface area contributed by atoms with Crippen LogP contribution in [0.2, 0.25) is 0 Å². The highest BCUT2D eigenvalue weighted by atomic mass is 16.3. The summed E-state index contributed by atoms with van der Waals surface area (Å²) < 4.78 is 7.57. The molecule has 0 amide bonds. The van der Waals surface area contributed by atoms with E-state index in [4.69, 9.17) is 4.42 Å². The quantitative estimate of drug-likeness (QED) is 0.165. The molecule has 2 aliphatic carbocycles. The lowest BCUT2D eigenvalue weighted by atomic mass is 9.35. The molecule has 0 saturated heterocycles. The molecule has 1 aromatic heterocycles. The Bertz CT molecular complexity index is 3330. The maximum atomic E-state index is 7.57. The van der Waals surface area contributed by atoms with Gasteiger partial charge < -0.3 is 14.2 Å². The number of fused-ring (bicyclic) bond motifs is 8. The Balaban J connectivity index is 1.27. The Morgan fingerprint density at radius 1 is 0.465 bits per heavy atom. The summed E-state index contributed by atoms with van der Waals surface area (Å²) in [5, 5.41) is 1.17. The number of anilines is 6. The van der Waals surface area contributed by atoms with Crippen molar-refractivity contribution in [2.45, 2.75) is 188 Å². The fraction of sp³-hybridized carbons (Fsp3) is 0.433. The molecule has 0 unspecified atom stereocenters. The largest absolute Gasteiger partial charge is 0.468 e. The van der Waals surface area contributed by atoms with Crippen molar-refractivity contribution in [3.63, 3.8) is 0 Å². The highest BCUT2D eigenvalue weighted by Crippen LogP contribution is 2.54. The Kier molecular flexibility index (Phi) is 10.3. The summed E-state index contributed by atoms with van der Waals surface area (Å²) >= 11 is 0. The van der Waals surface area contributed by atoms with Crippen molar-refractivity contribution in [1.29, 1.82) is 0 Å². The average Bonchev–Trinajstić information content (AvgIpc) is 3.66. The monoisotopic (exact) mass is 939 g/mol. The van der Waals surface area contributed by atoms with Crippen LogP contribution in [0.4, 0.5) is 34.1 Å². The SMILES string of the molecule is Cc1cc2c3c(c1)N(c1ccc(C(C)(C)C)cc1-c1ccc4c(c1)C(C)(C)CCC4(C)C)c1c(oc4ccc(C(C)(C)C)cc14)B3c1cc3c(cc1N2c1ccc(C(C)(C)C)cc1)C(C)(C)CCC3(C)C. The van der Waals surface area contributed by atoms with Gasteiger partial charge in [-0.15, -0.1) is 0 Å². The molecule has 11 rings (SSSR count). The van der Waals surface area contributed by atoms with Crippen LogP contribution in [-0.4, -0.2) is 6.71 Å². The van der Waals surface area contributed by atoms with Crippen LogP contribution in [-0.2, 0) is 37.9 Å².